The predicted molar refractivity (Wildman–Crippen MR) is 101 cm³/mol. The molecular formula is C18H20N6O4. The van der Waals surface area contributed by atoms with Crippen LogP contribution in [0.25, 0.3) is 10.8 Å². The largest absolute Gasteiger partial charge is 0.377 e. The van der Waals surface area contributed by atoms with Crippen LogP contribution in [0.3, 0.4) is 0 Å². The maximum atomic E-state index is 11.3. The highest BCUT2D eigenvalue weighted by atomic mass is 16.6. The number of aromatic nitrogens is 3. The number of nitro benzene ring substituents is 1. The van der Waals surface area contributed by atoms with E-state index in [9.17, 15) is 10.1 Å². The van der Waals surface area contributed by atoms with Gasteiger partial charge in [-0.3, -0.25) is 20.0 Å². The van der Waals surface area contributed by atoms with Crippen LogP contribution in [-0.2, 0) is 17.9 Å². The molecule has 2 aromatic heterocycles. The van der Waals surface area contributed by atoms with Gasteiger partial charge in [0.2, 0.25) is 5.89 Å². The Morgan fingerprint density at radius 3 is 2.79 bits per heavy atom. The van der Waals surface area contributed by atoms with Gasteiger partial charge in [0.1, 0.15) is 6.61 Å². The van der Waals surface area contributed by atoms with Crippen LogP contribution in [-0.4, -0.2) is 58.2 Å². The lowest BCUT2D eigenvalue weighted by molar-refractivity contribution is -0.383. The first-order valence-electron chi connectivity index (χ1n) is 8.94. The first kappa shape index (κ1) is 18.3. The quantitative estimate of drug-likeness (QED) is 0.465. The van der Waals surface area contributed by atoms with Crippen molar-refractivity contribution in [3.8, 4) is 0 Å². The van der Waals surface area contributed by atoms with Gasteiger partial charge in [-0.2, -0.15) is 4.98 Å². The van der Waals surface area contributed by atoms with E-state index in [-0.39, 0.29) is 10.6 Å². The first-order chi connectivity index (χ1) is 13.7. The van der Waals surface area contributed by atoms with Crippen molar-refractivity contribution in [2.45, 2.75) is 13.2 Å². The van der Waals surface area contributed by atoms with E-state index in [1.807, 2.05) is 12.1 Å². The van der Waals surface area contributed by atoms with Crippen molar-refractivity contribution in [2.75, 3.05) is 38.2 Å². The van der Waals surface area contributed by atoms with Gasteiger partial charge in [-0.25, -0.2) is 0 Å². The average Bonchev–Trinajstić information content (AvgIpc) is 3.15. The van der Waals surface area contributed by atoms with Crippen molar-refractivity contribution in [3.63, 3.8) is 0 Å². The Morgan fingerprint density at radius 1 is 1.21 bits per heavy atom. The summed E-state index contributed by atoms with van der Waals surface area (Å²) in [7, 11) is 1.59. The Labute approximate surface area is 160 Å². The number of non-ortho nitro benzene ring substituents is 1. The van der Waals surface area contributed by atoms with Crippen LogP contribution in [0.1, 0.15) is 11.7 Å². The highest BCUT2D eigenvalue weighted by Crippen LogP contribution is 2.33. The molecule has 0 radical (unpaired) electrons. The molecule has 1 aromatic carbocycles. The zero-order valence-corrected chi connectivity index (χ0v) is 15.4. The van der Waals surface area contributed by atoms with Crippen molar-refractivity contribution < 1.29 is 14.2 Å². The van der Waals surface area contributed by atoms with Crippen molar-refractivity contribution in [3.05, 3.63) is 52.4 Å². The summed E-state index contributed by atoms with van der Waals surface area (Å²) in [6.45, 7) is 4.18. The third-order valence-corrected chi connectivity index (χ3v) is 4.82. The van der Waals surface area contributed by atoms with Crippen LogP contribution >= 0.6 is 0 Å². The molecule has 0 N–H and O–H groups in total. The fourth-order valence-electron chi connectivity index (χ4n) is 3.47. The first-order valence-corrected chi connectivity index (χ1v) is 8.94. The van der Waals surface area contributed by atoms with E-state index >= 15 is 0 Å². The second-order valence-corrected chi connectivity index (χ2v) is 6.58. The lowest BCUT2D eigenvalue weighted by Crippen LogP contribution is -2.46. The lowest BCUT2D eigenvalue weighted by Gasteiger charge is -2.35. The Morgan fingerprint density at radius 2 is 2.04 bits per heavy atom. The summed E-state index contributed by atoms with van der Waals surface area (Å²) in [6.07, 6.45) is 3.22. The number of nitro groups is 1. The number of ether oxygens (including phenoxy) is 1. The van der Waals surface area contributed by atoms with E-state index in [2.05, 4.69) is 24.9 Å². The number of hydrogen-bond acceptors (Lipinski definition) is 9. The van der Waals surface area contributed by atoms with Crippen LogP contribution in [0.5, 0.6) is 0 Å². The zero-order valence-electron chi connectivity index (χ0n) is 15.4. The molecule has 0 unspecified atom stereocenters. The van der Waals surface area contributed by atoms with E-state index < -0.39 is 0 Å². The molecule has 10 nitrogen and oxygen atoms in total. The van der Waals surface area contributed by atoms with Crippen LogP contribution in [0.15, 0.2) is 35.1 Å². The van der Waals surface area contributed by atoms with Crippen LogP contribution in [0, 0.1) is 10.1 Å². The smallest absolute Gasteiger partial charge is 0.278 e. The van der Waals surface area contributed by atoms with Gasteiger partial charge in [0.05, 0.1) is 16.9 Å². The summed E-state index contributed by atoms with van der Waals surface area (Å²) in [5.74, 6) is 1.12. The number of hydrogen-bond donors (Lipinski definition) is 0. The molecule has 3 heterocycles. The highest BCUT2D eigenvalue weighted by molar-refractivity contribution is 5.99. The summed E-state index contributed by atoms with van der Waals surface area (Å²) in [5, 5.41) is 16.6. The standard InChI is InChI=1S/C18H20N6O4/c1-27-12-17-20-18(28-21-17)11-22-6-8-23(9-7-22)15-2-3-16(24(25)26)14-10-19-5-4-13(14)15/h2-5,10H,6-9,11-12H2,1H3. The average molecular weight is 384 g/mol. The van der Waals surface area contributed by atoms with E-state index in [1.54, 1.807) is 25.6 Å². The van der Waals surface area contributed by atoms with Crippen LogP contribution < -0.4 is 4.90 Å². The van der Waals surface area contributed by atoms with Gasteiger partial charge in [-0.05, 0) is 12.1 Å². The molecule has 0 aliphatic carbocycles. The zero-order chi connectivity index (χ0) is 19.5. The molecule has 1 aliphatic rings. The predicted octanol–water partition coefficient (Wildman–Crippen LogP) is 1.99. The molecule has 0 bridgehead atoms. The van der Waals surface area contributed by atoms with Gasteiger partial charge < -0.3 is 14.2 Å². The van der Waals surface area contributed by atoms with Gasteiger partial charge in [0, 0.05) is 62.8 Å². The Bertz CT molecular complexity index is 983. The van der Waals surface area contributed by atoms with Crippen LogP contribution in [0.4, 0.5) is 11.4 Å². The molecule has 3 aromatic rings. The van der Waals surface area contributed by atoms with E-state index in [4.69, 9.17) is 9.26 Å². The van der Waals surface area contributed by atoms with Crippen molar-refractivity contribution in [1.29, 1.82) is 0 Å². The molecule has 0 saturated carbocycles. The van der Waals surface area contributed by atoms with E-state index in [0.29, 0.717) is 30.3 Å². The third kappa shape index (κ3) is 3.64. The second kappa shape index (κ2) is 7.87. The van der Waals surface area contributed by atoms with E-state index in [1.165, 1.54) is 0 Å². The summed E-state index contributed by atoms with van der Waals surface area (Å²) < 4.78 is 10.3. The number of benzene rings is 1. The number of methoxy groups -OCH3 is 1. The Balaban J connectivity index is 1.46. The van der Waals surface area contributed by atoms with Gasteiger partial charge in [-0.15, -0.1) is 0 Å². The molecule has 10 heteroatoms. The summed E-state index contributed by atoms with van der Waals surface area (Å²) >= 11 is 0. The minimum atomic E-state index is -0.367. The van der Waals surface area contributed by atoms with Gasteiger partial charge in [-0.1, -0.05) is 5.16 Å². The topological polar surface area (TPSA) is 111 Å². The Hall–Kier alpha value is -3.11. The molecule has 1 saturated heterocycles. The number of pyridine rings is 1. The second-order valence-electron chi connectivity index (χ2n) is 6.58. The third-order valence-electron chi connectivity index (χ3n) is 4.82. The summed E-state index contributed by atoms with van der Waals surface area (Å²) in [4.78, 5) is 23.8. The molecule has 4 rings (SSSR count). The molecule has 0 atom stereocenters. The molecule has 146 valence electrons. The molecule has 1 aliphatic heterocycles. The Kier molecular flexibility index (Phi) is 5.13. The summed E-state index contributed by atoms with van der Waals surface area (Å²) in [5.41, 5.74) is 1.07. The molecule has 0 spiro atoms. The monoisotopic (exact) mass is 384 g/mol. The van der Waals surface area contributed by atoms with Gasteiger partial charge >= 0.3 is 0 Å². The maximum Gasteiger partial charge on any atom is 0.278 e. The van der Waals surface area contributed by atoms with E-state index in [0.717, 1.165) is 37.3 Å². The molecule has 28 heavy (non-hydrogen) atoms. The molecular weight excluding hydrogens is 364 g/mol. The molecule has 1 fully saturated rings. The normalized spacial score (nSPS) is 15.2. The fourth-order valence-corrected chi connectivity index (χ4v) is 3.47. The highest BCUT2D eigenvalue weighted by Gasteiger charge is 2.23. The van der Waals surface area contributed by atoms with Crippen LogP contribution in [0.2, 0.25) is 0 Å². The van der Waals surface area contributed by atoms with Gasteiger partial charge in [0.25, 0.3) is 5.69 Å². The number of rotatable bonds is 6. The summed E-state index contributed by atoms with van der Waals surface area (Å²) in [6, 6.07) is 5.21. The van der Waals surface area contributed by atoms with Gasteiger partial charge in [0.15, 0.2) is 5.82 Å². The molecule has 0 amide bonds. The number of anilines is 1. The maximum absolute atomic E-state index is 11.3. The minimum Gasteiger partial charge on any atom is -0.377 e. The van der Waals surface area contributed by atoms with Crippen molar-refractivity contribution >= 4 is 22.1 Å². The SMILES string of the molecule is COCc1noc(CN2CCN(c3ccc([N+](=O)[O-])c4cnccc34)CC2)n1. The lowest BCUT2D eigenvalue weighted by atomic mass is 10.1. The fraction of sp³-hybridized carbons (Fsp3) is 0.389. The van der Waals surface area contributed by atoms with Crippen molar-refractivity contribution in [2.24, 2.45) is 0 Å². The number of nitrogens with zero attached hydrogens (tertiary/aromatic N) is 6. The number of piperazine rings is 1. The number of fused-ring (bicyclic) bond motifs is 1. The minimum absolute atomic E-state index is 0.0775. The van der Waals surface area contributed by atoms with Crippen molar-refractivity contribution in [1.82, 2.24) is 20.0 Å².